The van der Waals surface area contributed by atoms with Gasteiger partial charge in [-0.2, -0.15) is 13.2 Å². The summed E-state index contributed by atoms with van der Waals surface area (Å²) in [5.41, 5.74) is 5.12. The Morgan fingerprint density at radius 1 is 1.28 bits per heavy atom. The molecule has 0 amide bonds. The zero-order valence-electron chi connectivity index (χ0n) is 10.9. The molecular formula is C13H19F3N2. The minimum Gasteiger partial charge on any atom is -0.399 e. The van der Waals surface area contributed by atoms with Gasteiger partial charge in [0.2, 0.25) is 0 Å². The molecule has 102 valence electrons. The lowest BCUT2D eigenvalue weighted by atomic mass is 10.1. The fourth-order valence-electron chi connectivity index (χ4n) is 1.90. The summed E-state index contributed by atoms with van der Waals surface area (Å²) in [7, 11) is 0. The van der Waals surface area contributed by atoms with Gasteiger partial charge in [0.1, 0.15) is 0 Å². The van der Waals surface area contributed by atoms with Crippen molar-refractivity contribution in [3.8, 4) is 0 Å². The molecule has 0 aromatic heterocycles. The van der Waals surface area contributed by atoms with Gasteiger partial charge in [-0.3, -0.25) is 0 Å². The average molecular weight is 260 g/mol. The number of halogens is 3. The van der Waals surface area contributed by atoms with E-state index < -0.39 is 11.7 Å². The van der Waals surface area contributed by atoms with Gasteiger partial charge in [0.15, 0.2) is 0 Å². The molecule has 1 rings (SSSR count). The Morgan fingerprint density at radius 2 is 1.89 bits per heavy atom. The van der Waals surface area contributed by atoms with Crippen LogP contribution in [0.1, 0.15) is 26.3 Å². The summed E-state index contributed by atoms with van der Waals surface area (Å²) < 4.78 is 38.9. The summed E-state index contributed by atoms with van der Waals surface area (Å²) in [6, 6.07) is 3.95. The Balaban J connectivity index is 3.21. The van der Waals surface area contributed by atoms with Crippen molar-refractivity contribution in [2.24, 2.45) is 5.92 Å². The highest BCUT2D eigenvalue weighted by Crippen LogP contribution is 2.37. The lowest BCUT2D eigenvalue weighted by Crippen LogP contribution is -2.29. The van der Waals surface area contributed by atoms with Gasteiger partial charge < -0.3 is 10.6 Å². The van der Waals surface area contributed by atoms with Crippen LogP contribution in [0.2, 0.25) is 0 Å². The van der Waals surface area contributed by atoms with Crippen molar-refractivity contribution in [3.05, 3.63) is 23.8 Å². The smallest absolute Gasteiger partial charge is 0.399 e. The Morgan fingerprint density at radius 3 is 2.33 bits per heavy atom. The molecule has 0 heterocycles. The summed E-state index contributed by atoms with van der Waals surface area (Å²) in [5, 5.41) is 0. The van der Waals surface area contributed by atoms with Gasteiger partial charge in [-0.25, -0.2) is 0 Å². The number of nitrogens with zero attached hydrogens (tertiary/aromatic N) is 1. The quantitative estimate of drug-likeness (QED) is 0.835. The molecule has 0 radical (unpaired) electrons. The second kappa shape index (κ2) is 5.50. The number of rotatable bonds is 4. The van der Waals surface area contributed by atoms with E-state index in [2.05, 4.69) is 0 Å². The highest BCUT2D eigenvalue weighted by Gasteiger charge is 2.35. The van der Waals surface area contributed by atoms with Crippen molar-refractivity contribution < 1.29 is 13.2 Å². The van der Waals surface area contributed by atoms with Gasteiger partial charge in [0.25, 0.3) is 0 Å². The standard InChI is InChI=1S/C13H19F3N2/c1-4-18(8-9(2)3)12-6-5-10(17)7-11(12)13(14,15)16/h5-7,9H,4,8,17H2,1-3H3. The van der Waals surface area contributed by atoms with Gasteiger partial charge in [-0.05, 0) is 31.0 Å². The summed E-state index contributed by atoms with van der Waals surface area (Å²) in [6.45, 7) is 6.92. The van der Waals surface area contributed by atoms with Gasteiger partial charge in [0, 0.05) is 24.5 Å². The largest absolute Gasteiger partial charge is 0.418 e. The summed E-state index contributed by atoms with van der Waals surface area (Å²) in [5.74, 6) is 0.295. The molecule has 0 saturated carbocycles. The van der Waals surface area contributed by atoms with Crippen LogP contribution in [-0.2, 0) is 6.18 Å². The number of anilines is 2. The van der Waals surface area contributed by atoms with Gasteiger partial charge in [-0.1, -0.05) is 13.8 Å². The molecule has 1 aromatic carbocycles. The maximum absolute atomic E-state index is 13.0. The van der Waals surface area contributed by atoms with Crippen LogP contribution in [0.15, 0.2) is 18.2 Å². The number of benzene rings is 1. The first-order valence-corrected chi connectivity index (χ1v) is 5.97. The first kappa shape index (κ1) is 14.7. The predicted molar refractivity (Wildman–Crippen MR) is 68.6 cm³/mol. The average Bonchev–Trinajstić information content (AvgIpc) is 2.24. The highest BCUT2D eigenvalue weighted by atomic mass is 19.4. The molecule has 0 atom stereocenters. The predicted octanol–water partition coefficient (Wildman–Crippen LogP) is 3.77. The molecule has 0 bridgehead atoms. The van der Waals surface area contributed by atoms with Crippen LogP contribution in [0.5, 0.6) is 0 Å². The van der Waals surface area contributed by atoms with E-state index in [-0.39, 0.29) is 11.4 Å². The second-order valence-electron chi connectivity index (χ2n) is 4.71. The number of alkyl halides is 3. The maximum Gasteiger partial charge on any atom is 0.418 e. The SMILES string of the molecule is CCN(CC(C)C)c1ccc(N)cc1C(F)(F)F. The van der Waals surface area contributed by atoms with E-state index in [1.54, 1.807) is 4.90 Å². The number of nitrogen functional groups attached to an aromatic ring is 1. The van der Waals surface area contributed by atoms with Crippen molar-refractivity contribution >= 4 is 11.4 Å². The normalized spacial score (nSPS) is 11.9. The maximum atomic E-state index is 13.0. The Hall–Kier alpha value is -1.39. The van der Waals surface area contributed by atoms with Crippen molar-refractivity contribution in [2.75, 3.05) is 23.7 Å². The van der Waals surface area contributed by atoms with Crippen molar-refractivity contribution in [3.63, 3.8) is 0 Å². The molecule has 0 aliphatic carbocycles. The third-order valence-electron chi connectivity index (χ3n) is 2.63. The molecule has 0 saturated heterocycles. The van der Waals surface area contributed by atoms with E-state index in [0.717, 1.165) is 6.07 Å². The summed E-state index contributed by atoms with van der Waals surface area (Å²) in [6.07, 6.45) is -4.38. The highest BCUT2D eigenvalue weighted by molar-refractivity contribution is 5.60. The summed E-state index contributed by atoms with van der Waals surface area (Å²) in [4.78, 5) is 1.73. The molecule has 0 fully saturated rings. The minimum atomic E-state index is -4.38. The summed E-state index contributed by atoms with van der Waals surface area (Å²) >= 11 is 0. The molecule has 2 nitrogen and oxygen atoms in total. The third-order valence-corrected chi connectivity index (χ3v) is 2.63. The van der Waals surface area contributed by atoms with Gasteiger partial charge >= 0.3 is 6.18 Å². The van der Waals surface area contributed by atoms with Gasteiger partial charge in [-0.15, -0.1) is 0 Å². The van der Waals surface area contributed by atoms with Crippen LogP contribution >= 0.6 is 0 Å². The van der Waals surface area contributed by atoms with Crippen LogP contribution in [0.25, 0.3) is 0 Å². The van der Waals surface area contributed by atoms with Crippen molar-refractivity contribution in [1.82, 2.24) is 0 Å². The van der Waals surface area contributed by atoms with Crippen molar-refractivity contribution in [2.45, 2.75) is 26.9 Å². The molecule has 1 aromatic rings. The first-order valence-electron chi connectivity index (χ1n) is 5.97. The van der Waals surface area contributed by atoms with Crippen LogP contribution in [0.4, 0.5) is 24.5 Å². The first-order chi connectivity index (χ1) is 8.25. The topological polar surface area (TPSA) is 29.3 Å². The molecule has 18 heavy (non-hydrogen) atoms. The van der Waals surface area contributed by atoms with E-state index in [0.29, 0.717) is 19.0 Å². The molecule has 0 spiro atoms. The van der Waals surface area contributed by atoms with Crippen LogP contribution in [-0.4, -0.2) is 13.1 Å². The van der Waals surface area contributed by atoms with E-state index in [1.807, 2.05) is 20.8 Å². The minimum absolute atomic E-state index is 0.131. The molecular weight excluding hydrogens is 241 g/mol. The van der Waals surface area contributed by atoms with E-state index in [9.17, 15) is 13.2 Å². The van der Waals surface area contributed by atoms with E-state index in [1.165, 1.54) is 12.1 Å². The second-order valence-corrected chi connectivity index (χ2v) is 4.71. The zero-order valence-corrected chi connectivity index (χ0v) is 10.9. The van der Waals surface area contributed by atoms with E-state index >= 15 is 0 Å². The molecule has 0 aliphatic rings. The Bertz CT molecular complexity index is 400. The molecule has 0 unspecified atom stereocenters. The fraction of sp³-hybridized carbons (Fsp3) is 0.538. The fourth-order valence-corrected chi connectivity index (χ4v) is 1.90. The monoisotopic (exact) mass is 260 g/mol. The third kappa shape index (κ3) is 3.55. The van der Waals surface area contributed by atoms with Crippen molar-refractivity contribution in [1.29, 1.82) is 0 Å². The zero-order chi connectivity index (χ0) is 13.9. The Kier molecular flexibility index (Phi) is 4.48. The van der Waals surface area contributed by atoms with Gasteiger partial charge in [0.05, 0.1) is 5.56 Å². The number of hydrogen-bond donors (Lipinski definition) is 1. The van der Waals surface area contributed by atoms with Crippen LogP contribution in [0, 0.1) is 5.92 Å². The lowest BCUT2D eigenvalue weighted by molar-refractivity contribution is -0.137. The van der Waals surface area contributed by atoms with Crippen LogP contribution in [0.3, 0.4) is 0 Å². The molecule has 0 aliphatic heterocycles. The number of hydrogen-bond acceptors (Lipinski definition) is 2. The van der Waals surface area contributed by atoms with E-state index in [4.69, 9.17) is 5.73 Å². The lowest BCUT2D eigenvalue weighted by Gasteiger charge is -2.28. The Labute approximate surface area is 106 Å². The molecule has 5 heteroatoms. The molecule has 2 N–H and O–H groups in total. The number of nitrogens with two attached hydrogens (primary N) is 1. The van der Waals surface area contributed by atoms with Crippen LogP contribution < -0.4 is 10.6 Å².